The van der Waals surface area contributed by atoms with Crippen LogP contribution in [0.2, 0.25) is 0 Å². The van der Waals surface area contributed by atoms with Crippen LogP contribution in [0.3, 0.4) is 0 Å². The standard InChI is InChI=1S/C6H5Br/c7-6-4-2-1-3-5-6/h1-5H/i1+1. The van der Waals surface area contributed by atoms with Gasteiger partial charge in [-0.1, -0.05) is 34.1 Å². The van der Waals surface area contributed by atoms with Crippen LogP contribution in [-0.4, -0.2) is 0 Å². The zero-order valence-corrected chi connectivity index (χ0v) is 5.35. The first-order chi connectivity index (χ1) is 3.39. The monoisotopic (exact) mass is 157 g/mol. The molecule has 0 atom stereocenters. The van der Waals surface area contributed by atoms with Crippen molar-refractivity contribution in [2.75, 3.05) is 0 Å². The molecule has 1 aromatic rings. The maximum absolute atomic E-state index is 3.31. The normalized spacial score (nSPS) is 8.71. The van der Waals surface area contributed by atoms with E-state index in [1.54, 1.807) is 0 Å². The molecule has 0 spiro atoms. The number of halogens is 1. The van der Waals surface area contributed by atoms with Crippen LogP contribution in [-0.2, 0) is 0 Å². The molecular formula is C6H5Br. The van der Waals surface area contributed by atoms with Crippen LogP contribution in [0.1, 0.15) is 0 Å². The van der Waals surface area contributed by atoms with Gasteiger partial charge in [-0.05, 0) is 12.1 Å². The first-order valence-corrected chi connectivity index (χ1v) is 2.89. The summed E-state index contributed by atoms with van der Waals surface area (Å²) in [5, 5.41) is 0. The smallest absolute Gasteiger partial charge is 0.0175 e. The second-order valence-corrected chi connectivity index (χ2v) is 2.21. The van der Waals surface area contributed by atoms with Crippen LogP contribution < -0.4 is 0 Å². The summed E-state index contributed by atoms with van der Waals surface area (Å²) >= 11 is 3.31. The van der Waals surface area contributed by atoms with Crippen molar-refractivity contribution in [3.05, 3.63) is 34.8 Å². The summed E-state index contributed by atoms with van der Waals surface area (Å²) in [5.74, 6) is 0. The van der Waals surface area contributed by atoms with Crippen molar-refractivity contribution >= 4 is 15.9 Å². The molecule has 1 aromatic carbocycles. The number of hydrogen-bond donors (Lipinski definition) is 0. The third-order valence-corrected chi connectivity index (χ3v) is 1.26. The molecule has 0 N–H and O–H groups in total. The Labute approximate surface area is 51.3 Å². The van der Waals surface area contributed by atoms with Gasteiger partial charge in [-0.15, -0.1) is 0 Å². The lowest BCUT2D eigenvalue weighted by Crippen LogP contribution is -1.55. The van der Waals surface area contributed by atoms with Crippen molar-refractivity contribution in [1.82, 2.24) is 0 Å². The Kier molecular flexibility index (Phi) is 1.47. The fraction of sp³-hybridized carbons (Fsp3) is 0. The number of benzene rings is 1. The van der Waals surface area contributed by atoms with E-state index in [0.29, 0.717) is 0 Å². The van der Waals surface area contributed by atoms with Crippen LogP contribution in [0.15, 0.2) is 34.8 Å². The summed E-state index contributed by atoms with van der Waals surface area (Å²) in [5.41, 5.74) is 0. The molecule has 0 saturated carbocycles. The largest absolute Gasteiger partial charge is 0.0622 e. The predicted molar refractivity (Wildman–Crippen MR) is 34.1 cm³/mol. The molecular weight excluding hydrogens is 153 g/mol. The van der Waals surface area contributed by atoms with Gasteiger partial charge in [-0.3, -0.25) is 0 Å². The molecule has 0 amide bonds. The summed E-state index contributed by atoms with van der Waals surface area (Å²) in [7, 11) is 0. The summed E-state index contributed by atoms with van der Waals surface area (Å²) in [6.45, 7) is 0. The lowest BCUT2D eigenvalue weighted by Gasteiger charge is -1.80. The van der Waals surface area contributed by atoms with Gasteiger partial charge in [0, 0.05) is 4.47 Å². The minimum Gasteiger partial charge on any atom is -0.0622 e. The Morgan fingerprint density at radius 3 is 1.86 bits per heavy atom. The molecule has 0 aromatic heterocycles. The van der Waals surface area contributed by atoms with Crippen LogP contribution in [0.5, 0.6) is 0 Å². The van der Waals surface area contributed by atoms with E-state index in [-0.39, 0.29) is 0 Å². The van der Waals surface area contributed by atoms with Gasteiger partial charge in [-0.2, -0.15) is 0 Å². The Morgan fingerprint density at radius 2 is 1.57 bits per heavy atom. The quantitative estimate of drug-likeness (QED) is 0.543. The summed E-state index contributed by atoms with van der Waals surface area (Å²) in [6.07, 6.45) is 0. The lowest BCUT2D eigenvalue weighted by atomic mass is 10.5. The van der Waals surface area contributed by atoms with Crippen LogP contribution in [0.25, 0.3) is 0 Å². The summed E-state index contributed by atoms with van der Waals surface area (Å²) in [4.78, 5) is 0. The number of hydrogen-bond acceptors (Lipinski definition) is 0. The zero-order chi connectivity index (χ0) is 5.11. The highest BCUT2D eigenvalue weighted by Crippen LogP contribution is 2.05. The SMILES string of the molecule is Brc1cc[13cH]cc1. The fourth-order valence-corrected chi connectivity index (χ4v) is 0.720. The zero-order valence-electron chi connectivity index (χ0n) is 3.76. The van der Waals surface area contributed by atoms with Crippen molar-refractivity contribution in [1.29, 1.82) is 0 Å². The Balaban J connectivity index is 3.02. The van der Waals surface area contributed by atoms with E-state index in [2.05, 4.69) is 15.9 Å². The van der Waals surface area contributed by atoms with Gasteiger partial charge >= 0.3 is 0 Å². The van der Waals surface area contributed by atoms with Crippen molar-refractivity contribution in [2.24, 2.45) is 0 Å². The minimum absolute atomic E-state index is 1.13. The van der Waals surface area contributed by atoms with E-state index in [1.807, 2.05) is 30.3 Å². The molecule has 36 valence electrons. The van der Waals surface area contributed by atoms with E-state index in [0.717, 1.165) is 4.47 Å². The molecule has 0 fully saturated rings. The van der Waals surface area contributed by atoms with E-state index in [4.69, 9.17) is 0 Å². The van der Waals surface area contributed by atoms with E-state index in [9.17, 15) is 0 Å². The van der Waals surface area contributed by atoms with Gasteiger partial charge in [0.05, 0.1) is 0 Å². The molecule has 0 aliphatic heterocycles. The van der Waals surface area contributed by atoms with Crippen LogP contribution in [0, 0.1) is 0 Å². The van der Waals surface area contributed by atoms with Gasteiger partial charge in [0.25, 0.3) is 0 Å². The van der Waals surface area contributed by atoms with Gasteiger partial charge < -0.3 is 0 Å². The molecule has 0 aliphatic rings. The van der Waals surface area contributed by atoms with E-state index >= 15 is 0 Å². The first-order valence-electron chi connectivity index (χ1n) is 2.10. The molecule has 0 bridgehead atoms. The third-order valence-electron chi connectivity index (χ3n) is 0.733. The topological polar surface area (TPSA) is 0 Å². The Bertz CT molecular complexity index is 134. The molecule has 0 unspecified atom stereocenters. The van der Waals surface area contributed by atoms with Crippen LogP contribution >= 0.6 is 15.9 Å². The van der Waals surface area contributed by atoms with Crippen molar-refractivity contribution in [2.45, 2.75) is 0 Å². The second-order valence-electron chi connectivity index (χ2n) is 1.30. The second kappa shape index (κ2) is 2.12. The molecule has 0 radical (unpaired) electrons. The molecule has 0 aliphatic carbocycles. The molecule has 1 heteroatoms. The van der Waals surface area contributed by atoms with Gasteiger partial charge in [0.2, 0.25) is 0 Å². The molecule has 7 heavy (non-hydrogen) atoms. The van der Waals surface area contributed by atoms with E-state index < -0.39 is 0 Å². The maximum atomic E-state index is 3.31. The Morgan fingerprint density at radius 1 is 1.00 bits per heavy atom. The van der Waals surface area contributed by atoms with Crippen molar-refractivity contribution in [3.63, 3.8) is 0 Å². The maximum Gasteiger partial charge on any atom is 0.0175 e. The molecule has 1 rings (SSSR count). The van der Waals surface area contributed by atoms with Gasteiger partial charge in [-0.25, -0.2) is 0 Å². The molecule has 0 heterocycles. The van der Waals surface area contributed by atoms with Crippen molar-refractivity contribution in [3.8, 4) is 0 Å². The highest BCUT2D eigenvalue weighted by atomic mass is 79.9. The van der Waals surface area contributed by atoms with Gasteiger partial charge in [0.15, 0.2) is 0 Å². The highest BCUT2D eigenvalue weighted by molar-refractivity contribution is 9.10. The summed E-state index contributed by atoms with van der Waals surface area (Å²) in [6, 6.07) is 9.97. The lowest BCUT2D eigenvalue weighted by molar-refractivity contribution is 1.66. The third kappa shape index (κ3) is 1.32. The van der Waals surface area contributed by atoms with E-state index in [1.165, 1.54) is 0 Å². The number of rotatable bonds is 0. The highest BCUT2D eigenvalue weighted by Gasteiger charge is 1.74. The van der Waals surface area contributed by atoms with Crippen molar-refractivity contribution < 1.29 is 0 Å². The fourth-order valence-electron chi connectivity index (χ4n) is 0.415. The summed E-state index contributed by atoms with van der Waals surface area (Å²) < 4.78 is 1.13. The van der Waals surface area contributed by atoms with Crippen LogP contribution in [0.4, 0.5) is 0 Å². The first kappa shape index (κ1) is 4.85. The molecule has 0 nitrogen and oxygen atoms in total. The molecule has 0 saturated heterocycles. The minimum atomic E-state index is 1.13. The average Bonchev–Trinajstić information content (AvgIpc) is 1.69. The van der Waals surface area contributed by atoms with Gasteiger partial charge in [0.1, 0.15) is 0 Å². The predicted octanol–water partition coefficient (Wildman–Crippen LogP) is 2.45. The Hall–Kier alpha value is -0.300. The average molecular weight is 158 g/mol.